The average Bonchev–Trinajstić information content (AvgIpc) is 3.47. The number of carbonyl (C=O) groups is 5. The third kappa shape index (κ3) is 7.61. The first-order chi connectivity index (χ1) is 25.1. The predicted molar refractivity (Wildman–Crippen MR) is 196 cm³/mol. The van der Waals surface area contributed by atoms with E-state index in [0.717, 1.165) is 56.2 Å². The molecule has 1 aliphatic heterocycles. The maximum Gasteiger partial charge on any atom is 0.340 e. The van der Waals surface area contributed by atoms with Gasteiger partial charge in [0.05, 0.1) is 16.8 Å². The lowest BCUT2D eigenvalue weighted by Gasteiger charge is -2.19. The van der Waals surface area contributed by atoms with E-state index < -0.39 is 23.6 Å². The van der Waals surface area contributed by atoms with Crippen molar-refractivity contribution in [3.63, 3.8) is 0 Å². The number of Topliss-reactive ketones (excluding diaryl/α,β-unsaturated/α-hetero) is 2. The summed E-state index contributed by atoms with van der Waals surface area (Å²) in [5.74, 6) is -2.90. The lowest BCUT2D eigenvalue weighted by molar-refractivity contribution is -0.139. The summed E-state index contributed by atoms with van der Waals surface area (Å²) in [6.45, 7) is 1.09. The number of nitrogens with one attached hydrogen (secondary N) is 1. The van der Waals surface area contributed by atoms with Gasteiger partial charge in [0.25, 0.3) is 11.7 Å². The van der Waals surface area contributed by atoms with Gasteiger partial charge >= 0.3 is 11.9 Å². The summed E-state index contributed by atoms with van der Waals surface area (Å²) < 4.78 is 4.57. The number of aromatic hydroxyl groups is 1. The van der Waals surface area contributed by atoms with Crippen LogP contribution in [0.1, 0.15) is 85.9 Å². The fraction of sp³-hybridized carbons (Fsp3) is 0.238. The molecule has 1 amide bonds. The van der Waals surface area contributed by atoms with Crippen LogP contribution in [0.25, 0.3) is 22.2 Å². The van der Waals surface area contributed by atoms with Crippen LogP contribution < -0.4 is 5.32 Å². The van der Waals surface area contributed by atoms with Gasteiger partial charge in [-0.15, -0.1) is 0 Å². The van der Waals surface area contributed by atoms with Crippen molar-refractivity contribution in [2.45, 2.75) is 58.3 Å². The van der Waals surface area contributed by atoms with Crippen molar-refractivity contribution in [2.75, 3.05) is 11.9 Å². The number of carboxylic acid groups (broad SMARTS) is 1. The Morgan fingerprint density at radius 3 is 2.02 bits per heavy atom. The molecule has 52 heavy (non-hydrogen) atoms. The zero-order valence-corrected chi connectivity index (χ0v) is 28.7. The van der Waals surface area contributed by atoms with E-state index in [-0.39, 0.29) is 23.7 Å². The lowest BCUT2D eigenvalue weighted by Crippen LogP contribution is -2.12. The molecule has 0 unspecified atom stereocenters. The molecule has 10 heteroatoms. The van der Waals surface area contributed by atoms with Gasteiger partial charge in [-0.1, -0.05) is 78.9 Å². The Morgan fingerprint density at radius 1 is 0.769 bits per heavy atom. The number of ether oxygens (including phenoxy) is 1. The number of fused-ring (bicyclic) bond motifs is 6. The highest BCUT2D eigenvalue weighted by molar-refractivity contribution is 6.51. The molecule has 0 radical (unpaired) electrons. The van der Waals surface area contributed by atoms with E-state index in [0.29, 0.717) is 33.3 Å². The minimum Gasteiger partial charge on any atom is -0.505 e. The summed E-state index contributed by atoms with van der Waals surface area (Å²) in [5, 5.41) is 23.4. The number of carbonyl (C=O) groups excluding carboxylic acids is 4. The second kappa shape index (κ2) is 15.8. The summed E-state index contributed by atoms with van der Waals surface area (Å²) in [6, 6.07) is 25.5. The molecule has 8 rings (SSSR count). The van der Waals surface area contributed by atoms with E-state index in [1.165, 1.54) is 30.0 Å². The number of benzene rings is 4. The lowest BCUT2D eigenvalue weighted by atomic mass is 9.88. The molecule has 0 bridgehead atoms. The maximum absolute atomic E-state index is 11.8. The van der Waals surface area contributed by atoms with E-state index in [4.69, 9.17) is 0 Å². The monoisotopic (exact) mass is 698 g/mol. The molecule has 2 aliphatic carbocycles. The smallest absolute Gasteiger partial charge is 0.340 e. The summed E-state index contributed by atoms with van der Waals surface area (Å²) in [7, 11) is 0. The molecule has 3 aliphatic rings. The Balaban J connectivity index is 0.000000143. The quantitative estimate of drug-likeness (QED) is 0.0971. The average molecular weight is 699 g/mol. The summed E-state index contributed by atoms with van der Waals surface area (Å²) in [4.78, 5) is 60.9. The molecule has 5 aromatic rings. The van der Waals surface area contributed by atoms with Gasteiger partial charge in [-0.3, -0.25) is 19.2 Å². The number of amides is 1. The first-order valence-electron chi connectivity index (χ1n) is 17.3. The number of aromatic nitrogens is 1. The summed E-state index contributed by atoms with van der Waals surface area (Å²) in [5.41, 5.74) is 8.42. The molecule has 0 spiro atoms. The van der Waals surface area contributed by atoms with Crippen molar-refractivity contribution in [3.05, 3.63) is 124 Å². The molecular formula is C42H38N2O8. The van der Waals surface area contributed by atoms with Crippen LogP contribution in [-0.2, 0) is 40.0 Å². The Kier molecular flexibility index (Phi) is 10.8. The molecular weight excluding hydrogens is 660 g/mol. The normalized spacial score (nSPS) is 13.9. The number of ketones is 2. The number of anilines is 1. The molecule has 0 atom stereocenters. The van der Waals surface area contributed by atoms with Crippen molar-refractivity contribution in [1.29, 1.82) is 0 Å². The highest BCUT2D eigenvalue weighted by Gasteiger charge is 2.31. The van der Waals surface area contributed by atoms with Crippen molar-refractivity contribution in [3.8, 4) is 17.0 Å². The van der Waals surface area contributed by atoms with Gasteiger partial charge in [0.2, 0.25) is 0 Å². The second-order valence-electron chi connectivity index (χ2n) is 12.8. The molecule has 264 valence electrons. The van der Waals surface area contributed by atoms with Crippen LogP contribution in [-0.4, -0.2) is 51.2 Å². The number of aromatic carboxylic acids is 1. The molecule has 1 aromatic heterocycles. The van der Waals surface area contributed by atoms with Gasteiger partial charge < -0.3 is 20.3 Å². The van der Waals surface area contributed by atoms with E-state index in [1.54, 1.807) is 36.4 Å². The zero-order chi connectivity index (χ0) is 36.8. The number of esters is 1. The van der Waals surface area contributed by atoms with Crippen LogP contribution in [0.3, 0.4) is 0 Å². The molecule has 0 saturated carbocycles. The van der Waals surface area contributed by atoms with Crippen LogP contribution in [0.4, 0.5) is 5.69 Å². The van der Waals surface area contributed by atoms with Gasteiger partial charge in [0.1, 0.15) is 11.3 Å². The Bertz CT molecular complexity index is 2200. The van der Waals surface area contributed by atoms with Gasteiger partial charge in [-0.25, -0.2) is 9.78 Å². The first-order valence-corrected chi connectivity index (χ1v) is 17.3. The molecule has 0 fully saturated rings. The predicted octanol–water partition coefficient (Wildman–Crippen LogP) is 7.32. The topological polar surface area (TPSA) is 160 Å². The number of nitrogens with zero attached hydrogens (tertiary/aromatic N) is 1. The molecule has 2 heterocycles. The van der Waals surface area contributed by atoms with Crippen LogP contribution >= 0.6 is 0 Å². The van der Waals surface area contributed by atoms with Crippen molar-refractivity contribution in [2.24, 2.45) is 0 Å². The number of aryl methyl sites for hydroxylation is 3. The molecule has 10 nitrogen and oxygen atoms in total. The van der Waals surface area contributed by atoms with Crippen LogP contribution in [0, 0.1) is 0 Å². The zero-order valence-electron chi connectivity index (χ0n) is 28.7. The van der Waals surface area contributed by atoms with Crippen LogP contribution in [0.2, 0.25) is 0 Å². The Labute approximate surface area is 300 Å². The van der Waals surface area contributed by atoms with E-state index >= 15 is 0 Å². The minimum atomic E-state index is -1.13. The molecule has 4 aromatic carbocycles. The Hall–Kier alpha value is -6.16. The number of carboxylic acids is 1. The first kappa shape index (κ1) is 35.7. The number of pyridine rings is 1. The van der Waals surface area contributed by atoms with Crippen molar-refractivity contribution < 1.29 is 38.9 Å². The van der Waals surface area contributed by atoms with Crippen molar-refractivity contribution in [1.82, 2.24) is 4.98 Å². The van der Waals surface area contributed by atoms with Gasteiger partial charge in [0.15, 0.2) is 18.1 Å². The van der Waals surface area contributed by atoms with Crippen molar-refractivity contribution >= 4 is 46.0 Å². The summed E-state index contributed by atoms with van der Waals surface area (Å²) >= 11 is 0. The van der Waals surface area contributed by atoms with Crippen LogP contribution in [0.5, 0.6) is 5.75 Å². The number of hydrogen-bond donors (Lipinski definition) is 3. The molecule has 0 saturated heterocycles. The highest BCUT2D eigenvalue weighted by Crippen LogP contribution is 2.39. The van der Waals surface area contributed by atoms with E-state index in [1.807, 2.05) is 48.5 Å². The van der Waals surface area contributed by atoms with Gasteiger partial charge in [0, 0.05) is 23.4 Å². The number of rotatable bonds is 5. The van der Waals surface area contributed by atoms with E-state index in [9.17, 15) is 34.2 Å². The Morgan fingerprint density at radius 2 is 1.37 bits per heavy atom. The van der Waals surface area contributed by atoms with E-state index in [2.05, 4.69) is 15.0 Å². The SMILES string of the molecule is CC(=O)OCC(=O)c1ccccc1.O=C(O)c1c(O)c(-c2ccccc2)nc2c3c(ccc12)CCCC3.O=C1Nc2c(ccc3c2CCCC3)C1=O. The summed E-state index contributed by atoms with van der Waals surface area (Å²) in [6.07, 6.45) is 8.51. The molecule has 3 N–H and O–H groups in total. The fourth-order valence-electron chi connectivity index (χ4n) is 6.89. The van der Waals surface area contributed by atoms with Crippen LogP contribution in [0.15, 0.2) is 84.9 Å². The van der Waals surface area contributed by atoms with Gasteiger partial charge in [-0.2, -0.15) is 0 Å². The minimum absolute atomic E-state index is 0.0628. The highest BCUT2D eigenvalue weighted by atomic mass is 16.5. The fourth-order valence-corrected chi connectivity index (χ4v) is 6.89. The van der Waals surface area contributed by atoms with Gasteiger partial charge in [-0.05, 0) is 79.7 Å². The maximum atomic E-state index is 11.8. The standard InChI is InChI=1S/C20H17NO3.C12H11NO2.C10H10O3/c22-19-16(20(23)24)15-11-10-12-6-4-5-9-14(12)18(15)21-17(19)13-7-2-1-3-8-13;14-11-9-6-5-7-3-1-2-4-8(7)10(9)13-12(11)15;1-8(11)13-7-10(12)9-5-3-2-4-6-9/h1-3,7-8,10-11,22H,4-6,9H2,(H,23,24);5-6H,1-4H2,(H,13,14,15);2-6H,7H2,1H3. The number of hydrogen-bond acceptors (Lipinski definition) is 8. The third-order valence-corrected chi connectivity index (χ3v) is 9.44. The largest absolute Gasteiger partial charge is 0.505 e. The second-order valence-corrected chi connectivity index (χ2v) is 12.8. The third-order valence-electron chi connectivity index (χ3n) is 9.44.